The number of phenolic OH excluding ortho intramolecular Hbond substituents is 1. The summed E-state index contributed by atoms with van der Waals surface area (Å²) in [5.41, 5.74) is 10.9. The SMILES string of the molecule is Nc1nc(-c2ccccc2O)c(N)c(=O)[nH]1. The van der Waals surface area contributed by atoms with Gasteiger partial charge in [-0.15, -0.1) is 0 Å². The van der Waals surface area contributed by atoms with Crippen LogP contribution < -0.4 is 17.0 Å². The highest BCUT2D eigenvalue weighted by molar-refractivity contribution is 5.76. The van der Waals surface area contributed by atoms with E-state index >= 15 is 0 Å². The van der Waals surface area contributed by atoms with Crippen molar-refractivity contribution in [2.24, 2.45) is 0 Å². The monoisotopic (exact) mass is 218 g/mol. The van der Waals surface area contributed by atoms with Crippen molar-refractivity contribution in [3.8, 4) is 17.0 Å². The van der Waals surface area contributed by atoms with E-state index in [9.17, 15) is 9.90 Å². The Morgan fingerprint density at radius 3 is 2.62 bits per heavy atom. The lowest BCUT2D eigenvalue weighted by atomic mass is 10.1. The van der Waals surface area contributed by atoms with E-state index in [0.717, 1.165) is 0 Å². The summed E-state index contributed by atoms with van der Waals surface area (Å²) in [6, 6.07) is 6.44. The predicted molar refractivity (Wildman–Crippen MR) is 60.8 cm³/mol. The molecule has 0 fully saturated rings. The lowest BCUT2D eigenvalue weighted by molar-refractivity contribution is 0.477. The number of hydrogen-bond donors (Lipinski definition) is 4. The maximum Gasteiger partial charge on any atom is 0.276 e. The minimum Gasteiger partial charge on any atom is -0.507 e. The van der Waals surface area contributed by atoms with E-state index in [0.29, 0.717) is 5.56 Å². The van der Waals surface area contributed by atoms with Crippen LogP contribution in [0, 0.1) is 0 Å². The third-order valence-corrected chi connectivity index (χ3v) is 2.13. The molecule has 6 nitrogen and oxygen atoms in total. The topological polar surface area (TPSA) is 118 Å². The van der Waals surface area contributed by atoms with E-state index in [-0.39, 0.29) is 23.1 Å². The summed E-state index contributed by atoms with van der Waals surface area (Å²) in [5, 5.41) is 9.62. The zero-order valence-electron chi connectivity index (χ0n) is 8.27. The second-order valence-corrected chi connectivity index (χ2v) is 3.23. The van der Waals surface area contributed by atoms with Crippen molar-refractivity contribution in [2.75, 3.05) is 11.5 Å². The van der Waals surface area contributed by atoms with Crippen molar-refractivity contribution in [2.45, 2.75) is 0 Å². The van der Waals surface area contributed by atoms with Crippen molar-refractivity contribution in [1.82, 2.24) is 9.97 Å². The number of H-pyrrole nitrogens is 1. The maximum atomic E-state index is 11.4. The fraction of sp³-hybridized carbons (Fsp3) is 0. The molecule has 1 aromatic heterocycles. The van der Waals surface area contributed by atoms with Crippen LogP contribution in [0.3, 0.4) is 0 Å². The molecule has 0 aliphatic carbocycles. The van der Waals surface area contributed by atoms with Crippen LogP contribution in [0.2, 0.25) is 0 Å². The third kappa shape index (κ3) is 1.56. The molecule has 1 aromatic carbocycles. The van der Waals surface area contributed by atoms with Crippen LogP contribution in [0.25, 0.3) is 11.3 Å². The van der Waals surface area contributed by atoms with Crippen molar-refractivity contribution in [3.63, 3.8) is 0 Å². The number of para-hydroxylation sites is 1. The van der Waals surface area contributed by atoms with Gasteiger partial charge in [0.15, 0.2) is 0 Å². The number of aromatic hydroxyl groups is 1. The van der Waals surface area contributed by atoms with Gasteiger partial charge in [-0.3, -0.25) is 9.78 Å². The Bertz CT molecular complexity index is 592. The minimum atomic E-state index is -0.522. The second kappa shape index (κ2) is 3.58. The Kier molecular flexibility index (Phi) is 2.24. The summed E-state index contributed by atoms with van der Waals surface area (Å²) in [6.45, 7) is 0. The van der Waals surface area contributed by atoms with Crippen molar-refractivity contribution in [3.05, 3.63) is 34.6 Å². The van der Waals surface area contributed by atoms with Gasteiger partial charge in [0.05, 0.1) is 0 Å². The maximum absolute atomic E-state index is 11.4. The number of nitrogens with two attached hydrogens (primary N) is 2. The first-order valence-electron chi connectivity index (χ1n) is 4.53. The molecule has 6 heteroatoms. The molecule has 16 heavy (non-hydrogen) atoms. The zero-order chi connectivity index (χ0) is 11.7. The number of phenols is 1. The van der Waals surface area contributed by atoms with E-state index < -0.39 is 5.56 Å². The highest BCUT2D eigenvalue weighted by Gasteiger charge is 2.12. The van der Waals surface area contributed by atoms with E-state index in [2.05, 4.69) is 9.97 Å². The number of rotatable bonds is 1. The van der Waals surface area contributed by atoms with Gasteiger partial charge in [-0.25, -0.2) is 4.98 Å². The average Bonchev–Trinajstić information content (AvgIpc) is 2.24. The van der Waals surface area contributed by atoms with Crippen LogP contribution in [-0.4, -0.2) is 15.1 Å². The Hall–Kier alpha value is -2.50. The molecule has 0 aliphatic heterocycles. The molecule has 0 spiro atoms. The Labute approximate surface area is 90.6 Å². The van der Waals surface area contributed by atoms with Crippen LogP contribution in [0.15, 0.2) is 29.1 Å². The van der Waals surface area contributed by atoms with Gasteiger partial charge in [-0.05, 0) is 12.1 Å². The molecule has 2 rings (SSSR count). The van der Waals surface area contributed by atoms with E-state index in [4.69, 9.17) is 11.5 Å². The van der Waals surface area contributed by atoms with Gasteiger partial charge in [0.1, 0.15) is 17.1 Å². The van der Waals surface area contributed by atoms with Crippen LogP contribution in [-0.2, 0) is 0 Å². The molecular weight excluding hydrogens is 208 g/mol. The van der Waals surface area contributed by atoms with Crippen LogP contribution in [0.1, 0.15) is 0 Å². The number of aromatic nitrogens is 2. The number of nitrogen functional groups attached to an aromatic ring is 2. The molecule has 0 bridgehead atoms. The summed E-state index contributed by atoms with van der Waals surface area (Å²) in [5.74, 6) is -0.0517. The van der Waals surface area contributed by atoms with Crippen molar-refractivity contribution < 1.29 is 5.11 Å². The van der Waals surface area contributed by atoms with Crippen LogP contribution >= 0.6 is 0 Å². The van der Waals surface area contributed by atoms with Gasteiger partial charge in [-0.2, -0.15) is 0 Å². The summed E-state index contributed by atoms with van der Waals surface area (Å²) in [4.78, 5) is 17.5. The molecule has 0 aliphatic rings. The number of nitrogens with zero attached hydrogens (tertiary/aromatic N) is 1. The Balaban J connectivity index is 2.74. The quantitative estimate of drug-likeness (QED) is 0.549. The van der Waals surface area contributed by atoms with Gasteiger partial charge in [-0.1, -0.05) is 12.1 Å². The van der Waals surface area contributed by atoms with Crippen LogP contribution in [0.4, 0.5) is 11.6 Å². The minimum absolute atomic E-state index is 0.00769. The first-order valence-corrected chi connectivity index (χ1v) is 4.53. The summed E-state index contributed by atoms with van der Waals surface area (Å²) in [7, 11) is 0. The zero-order valence-corrected chi connectivity index (χ0v) is 8.27. The van der Waals surface area contributed by atoms with E-state index in [1.54, 1.807) is 18.2 Å². The summed E-state index contributed by atoms with van der Waals surface area (Å²) < 4.78 is 0. The van der Waals surface area contributed by atoms with Crippen molar-refractivity contribution in [1.29, 1.82) is 0 Å². The van der Waals surface area contributed by atoms with E-state index in [1.165, 1.54) is 6.07 Å². The molecule has 0 amide bonds. The molecule has 1 heterocycles. The van der Waals surface area contributed by atoms with Gasteiger partial charge in [0.2, 0.25) is 5.95 Å². The fourth-order valence-electron chi connectivity index (χ4n) is 1.38. The molecule has 0 unspecified atom stereocenters. The van der Waals surface area contributed by atoms with Gasteiger partial charge in [0.25, 0.3) is 5.56 Å². The molecular formula is C10H10N4O2. The Morgan fingerprint density at radius 2 is 1.94 bits per heavy atom. The molecule has 2 aromatic rings. The second-order valence-electron chi connectivity index (χ2n) is 3.23. The summed E-state index contributed by atoms with van der Waals surface area (Å²) in [6.07, 6.45) is 0. The molecule has 0 saturated carbocycles. The Morgan fingerprint density at radius 1 is 1.25 bits per heavy atom. The largest absolute Gasteiger partial charge is 0.507 e. The smallest absolute Gasteiger partial charge is 0.276 e. The number of anilines is 2. The standard InChI is InChI=1S/C10H10N4O2/c11-7-8(13-10(12)14-9(7)16)5-3-1-2-4-6(5)15/h1-4,15H,11H2,(H3,12,13,14,16). The highest BCUT2D eigenvalue weighted by Crippen LogP contribution is 2.29. The van der Waals surface area contributed by atoms with E-state index in [1.807, 2.05) is 0 Å². The lowest BCUT2D eigenvalue weighted by Crippen LogP contribution is -2.16. The fourth-order valence-corrected chi connectivity index (χ4v) is 1.38. The molecule has 0 saturated heterocycles. The van der Waals surface area contributed by atoms with Gasteiger partial charge in [0, 0.05) is 5.56 Å². The molecule has 0 radical (unpaired) electrons. The molecule has 82 valence electrons. The number of aromatic amines is 1. The first-order chi connectivity index (χ1) is 7.59. The molecule has 0 atom stereocenters. The van der Waals surface area contributed by atoms with Crippen molar-refractivity contribution >= 4 is 11.6 Å². The third-order valence-electron chi connectivity index (χ3n) is 2.13. The first kappa shape index (κ1) is 10.0. The van der Waals surface area contributed by atoms with Gasteiger partial charge < -0.3 is 16.6 Å². The van der Waals surface area contributed by atoms with Gasteiger partial charge >= 0.3 is 0 Å². The highest BCUT2D eigenvalue weighted by atomic mass is 16.3. The number of nitrogens with one attached hydrogen (secondary N) is 1. The normalized spacial score (nSPS) is 10.2. The van der Waals surface area contributed by atoms with Crippen LogP contribution in [0.5, 0.6) is 5.75 Å². The average molecular weight is 218 g/mol. The number of hydrogen-bond acceptors (Lipinski definition) is 5. The lowest BCUT2D eigenvalue weighted by Gasteiger charge is -2.06. The molecule has 6 N–H and O–H groups in total. The predicted octanol–water partition coefficient (Wildman–Crippen LogP) is 0.307. The summed E-state index contributed by atoms with van der Waals surface area (Å²) >= 11 is 0. The number of benzene rings is 1.